The number of hydrogen-bond acceptors (Lipinski definition) is 5. The van der Waals surface area contributed by atoms with Gasteiger partial charge in [0.1, 0.15) is 12.4 Å². The fraction of sp³-hybridized carbons (Fsp3) is 0.143. The second kappa shape index (κ2) is 11.2. The van der Waals surface area contributed by atoms with Crippen molar-refractivity contribution in [3.8, 4) is 17.2 Å². The van der Waals surface area contributed by atoms with Crippen molar-refractivity contribution in [2.75, 3.05) is 6.61 Å². The minimum atomic E-state index is -0.498. The van der Waals surface area contributed by atoms with Gasteiger partial charge in [0.15, 0.2) is 11.5 Å². The van der Waals surface area contributed by atoms with E-state index in [0.717, 1.165) is 25.5 Å². The molecule has 0 bridgehead atoms. The summed E-state index contributed by atoms with van der Waals surface area (Å²) in [6.07, 6.45) is 1.53. The molecule has 0 fully saturated rings. The third kappa shape index (κ3) is 6.10. The fourth-order valence-electron chi connectivity index (χ4n) is 3.54. The zero-order valence-corrected chi connectivity index (χ0v) is 21.6. The van der Waals surface area contributed by atoms with Crippen LogP contribution in [0, 0.1) is 10.5 Å². The van der Waals surface area contributed by atoms with Crippen LogP contribution in [0.15, 0.2) is 77.9 Å². The molecule has 0 atom stereocenters. The van der Waals surface area contributed by atoms with Crippen LogP contribution in [0.5, 0.6) is 17.2 Å². The van der Waals surface area contributed by atoms with Crippen molar-refractivity contribution >= 4 is 45.5 Å². The zero-order chi connectivity index (χ0) is 24.8. The molecule has 4 rings (SSSR count). The maximum Gasteiger partial charge on any atom is 0.275 e. The molecule has 35 heavy (non-hydrogen) atoms. The summed E-state index contributed by atoms with van der Waals surface area (Å²) in [4.78, 5) is 12.6. The molecule has 0 aliphatic carbocycles. The quantitative estimate of drug-likeness (QED) is 0.148. The summed E-state index contributed by atoms with van der Waals surface area (Å²) in [6, 6.07) is 22.6. The maximum atomic E-state index is 12.6. The number of aryl methyl sites for hydroxylation is 1. The van der Waals surface area contributed by atoms with Crippen LogP contribution in [0.2, 0.25) is 0 Å². The highest BCUT2D eigenvalue weighted by Crippen LogP contribution is 2.34. The molecule has 0 saturated heterocycles. The standard InChI is InChI=1S/C28H25IN2O4/c1-3-34-26-13-20(12-24(29)27(26)35-17-19-10-8-18(2)9-11-19)16-30-31-28(33)23-14-21-6-4-5-7-22(21)15-25(23)32/h4-16,32H,3,17H2,1-2H3,(H,31,33). The van der Waals surface area contributed by atoms with Crippen molar-refractivity contribution in [1.29, 1.82) is 0 Å². The van der Waals surface area contributed by atoms with E-state index in [-0.39, 0.29) is 11.3 Å². The van der Waals surface area contributed by atoms with Crippen LogP contribution in [-0.2, 0) is 6.61 Å². The van der Waals surface area contributed by atoms with Gasteiger partial charge < -0.3 is 14.6 Å². The molecular formula is C28H25IN2O4. The molecular weight excluding hydrogens is 555 g/mol. The van der Waals surface area contributed by atoms with Crippen LogP contribution in [0.3, 0.4) is 0 Å². The van der Waals surface area contributed by atoms with E-state index in [9.17, 15) is 9.90 Å². The van der Waals surface area contributed by atoms with Gasteiger partial charge in [-0.1, -0.05) is 54.1 Å². The Kier molecular flexibility index (Phi) is 7.87. The normalized spacial score (nSPS) is 11.1. The van der Waals surface area contributed by atoms with Crippen LogP contribution in [-0.4, -0.2) is 23.8 Å². The van der Waals surface area contributed by atoms with Gasteiger partial charge in [-0.2, -0.15) is 5.10 Å². The smallest absolute Gasteiger partial charge is 0.275 e. The monoisotopic (exact) mass is 580 g/mol. The Hall–Kier alpha value is -3.59. The molecule has 7 heteroatoms. The van der Waals surface area contributed by atoms with Crippen LogP contribution in [0.25, 0.3) is 10.8 Å². The van der Waals surface area contributed by atoms with Crippen molar-refractivity contribution in [2.45, 2.75) is 20.5 Å². The first-order chi connectivity index (χ1) is 16.9. The number of benzene rings is 4. The molecule has 2 N–H and O–H groups in total. The number of halogens is 1. The van der Waals surface area contributed by atoms with Gasteiger partial charge in [-0.05, 0) is 82.6 Å². The van der Waals surface area contributed by atoms with Gasteiger partial charge in [0.25, 0.3) is 5.91 Å². The van der Waals surface area contributed by atoms with Crippen molar-refractivity contribution in [1.82, 2.24) is 5.43 Å². The molecule has 6 nitrogen and oxygen atoms in total. The molecule has 178 valence electrons. The minimum absolute atomic E-state index is 0.0975. The van der Waals surface area contributed by atoms with E-state index in [1.165, 1.54) is 11.8 Å². The Bertz CT molecular complexity index is 1380. The number of carbonyl (C=O) groups excluding carboxylic acids is 1. The maximum absolute atomic E-state index is 12.6. The number of carbonyl (C=O) groups is 1. The first-order valence-electron chi connectivity index (χ1n) is 11.1. The lowest BCUT2D eigenvalue weighted by molar-refractivity contribution is 0.0952. The highest BCUT2D eigenvalue weighted by atomic mass is 127. The fourth-order valence-corrected chi connectivity index (χ4v) is 4.32. The summed E-state index contributed by atoms with van der Waals surface area (Å²) < 4.78 is 12.7. The van der Waals surface area contributed by atoms with E-state index in [4.69, 9.17) is 9.47 Å². The molecule has 0 saturated carbocycles. The van der Waals surface area contributed by atoms with Gasteiger partial charge in [-0.25, -0.2) is 5.43 Å². The molecule has 4 aromatic carbocycles. The molecule has 0 aliphatic rings. The molecule has 0 aromatic heterocycles. The summed E-state index contributed by atoms with van der Waals surface area (Å²) in [5, 5.41) is 16.0. The van der Waals surface area contributed by atoms with Crippen molar-refractivity contribution in [2.24, 2.45) is 5.10 Å². The Morgan fingerprint density at radius 3 is 2.46 bits per heavy atom. The summed E-state index contributed by atoms with van der Waals surface area (Å²) >= 11 is 2.20. The number of hydrazone groups is 1. The van der Waals surface area contributed by atoms with Gasteiger partial charge >= 0.3 is 0 Å². The topological polar surface area (TPSA) is 80.2 Å². The SMILES string of the molecule is CCOc1cc(C=NNC(=O)c2cc3ccccc3cc2O)cc(I)c1OCc1ccc(C)cc1. The number of amides is 1. The molecule has 1 amide bonds. The molecule has 0 spiro atoms. The Balaban J connectivity index is 1.48. The molecule has 4 aromatic rings. The van der Waals surface area contributed by atoms with Gasteiger partial charge in [-0.15, -0.1) is 0 Å². The van der Waals surface area contributed by atoms with Gasteiger partial charge in [0.05, 0.1) is 22.0 Å². The number of nitrogens with zero attached hydrogens (tertiary/aromatic N) is 1. The lowest BCUT2D eigenvalue weighted by atomic mass is 10.1. The second-order valence-electron chi connectivity index (χ2n) is 7.95. The third-order valence-corrected chi connectivity index (χ3v) is 6.13. The summed E-state index contributed by atoms with van der Waals surface area (Å²) in [5.74, 6) is 0.670. The Morgan fingerprint density at radius 2 is 1.74 bits per heavy atom. The van der Waals surface area contributed by atoms with Gasteiger partial charge in [0.2, 0.25) is 0 Å². The lowest BCUT2D eigenvalue weighted by Gasteiger charge is -2.15. The first-order valence-corrected chi connectivity index (χ1v) is 12.2. The van der Waals surface area contributed by atoms with E-state index < -0.39 is 5.91 Å². The highest BCUT2D eigenvalue weighted by Gasteiger charge is 2.14. The number of nitrogens with one attached hydrogen (secondary N) is 1. The number of hydrogen-bond donors (Lipinski definition) is 2. The predicted octanol–water partition coefficient (Wildman–Crippen LogP) is 6.20. The van der Waals surface area contributed by atoms with E-state index in [2.05, 4.69) is 45.3 Å². The lowest BCUT2D eigenvalue weighted by Crippen LogP contribution is -2.17. The van der Waals surface area contributed by atoms with Crippen LogP contribution in [0.1, 0.15) is 34.0 Å². The van der Waals surface area contributed by atoms with E-state index in [1.807, 2.05) is 62.4 Å². The number of rotatable bonds is 8. The number of phenols is 1. The molecule has 0 radical (unpaired) electrons. The highest BCUT2D eigenvalue weighted by molar-refractivity contribution is 14.1. The van der Waals surface area contributed by atoms with E-state index >= 15 is 0 Å². The Morgan fingerprint density at radius 1 is 1.03 bits per heavy atom. The van der Waals surface area contributed by atoms with Gasteiger partial charge in [0, 0.05) is 0 Å². The van der Waals surface area contributed by atoms with Crippen molar-refractivity contribution in [3.63, 3.8) is 0 Å². The predicted molar refractivity (Wildman–Crippen MR) is 147 cm³/mol. The minimum Gasteiger partial charge on any atom is -0.507 e. The van der Waals surface area contributed by atoms with E-state index in [0.29, 0.717) is 24.7 Å². The molecule has 0 aliphatic heterocycles. The van der Waals surface area contributed by atoms with Crippen molar-refractivity contribution in [3.05, 3.63) is 98.6 Å². The summed E-state index contributed by atoms with van der Waals surface area (Å²) in [6.45, 7) is 4.87. The van der Waals surface area contributed by atoms with Crippen LogP contribution < -0.4 is 14.9 Å². The average molecular weight is 580 g/mol. The largest absolute Gasteiger partial charge is 0.507 e. The number of aromatic hydroxyl groups is 1. The third-order valence-electron chi connectivity index (χ3n) is 5.32. The number of ether oxygens (including phenoxy) is 2. The molecule has 0 heterocycles. The van der Waals surface area contributed by atoms with Gasteiger partial charge in [-0.3, -0.25) is 4.79 Å². The summed E-state index contributed by atoms with van der Waals surface area (Å²) in [7, 11) is 0. The van der Waals surface area contributed by atoms with E-state index in [1.54, 1.807) is 12.1 Å². The van der Waals surface area contributed by atoms with Crippen LogP contribution >= 0.6 is 22.6 Å². The van der Waals surface area contributed by atoms with Crippen molar-refractivity contribution < 1.29 is 19.4 Å². The Labute approximate surface area is 217 Å². The number of fused-ring (bicyclic) bond motifs is 1. The first kappa shape index (κ1) is 24.5. The van der Waals surface area contributed by atoms with Crippen LogP contribution in [0.4, 0.5) is 0 Å². The zero-order valence-electron chi connectivity index (χ0n) is 19.4. The average Bonchev–Trinajstić information content (AvgIpc) is 2.84. The second-order valence-corrected chi connectivity index (χ2v) is 9.12. The molecule has 0 unspecified atom stereocenters. The number of phenolic OH excluding ortho intramolecular Hbond substituents is 1. The summed E-state index contributed by atoms with van der Waals surface area (Å²) in [5.41, 5.74) is 5.65.